The molecule has 0 unspecified atom stereocenters. The average molecular weight is 231 g/mol. The highest BCUT2D eigenvalue weighted by Gasteiger charge is 2.21. The molecule has 17 heavy (non-hydrogen) atoms. The third kappa shape index (κ3) is 1.94. The van der Waals surface area contributed by atoms with Gasteiger partial charge in [0.1, 0.15) is 5.65 Å². The molecule has 4 nitrogen and oxygen atoms in total. The van der Waals surface area contributed by atoms with Crippen LogP contribution in [-0.4, -0.2) is 38.6 Å². The number of fused-ring (bicyclic) bond motifs is 1. The van der Waals surface area contributed by atoms with E-state index in [9.17, 15) is 5.11 Å². The van der Waals surface area contributed by atoms with Crippen molar-refractivity contribution in [1.82, 2.24) is 14.3 Å². The molecule has 1 aliphatic heterocycles. The zero-order chi connectivity index (χ0) is 11.8. The molecule has 90 valence electrons. The van der Waals surface area contributed by atoms with Gasteiger partial charge < -0.3 is 9.51 Å². The minimum atomic E-state index is -0.158. The van der Waals surface area contributed by atoms with Gasteiger partial charge in [-0.2, -0.15) is 0 Å². The van der Waals surface area contributed by atoms with E-state index in [-0.39, 0.29) is 6.10 Å². The fourth-order valence-corrected chi connectivity index (χ4v) is 2.52. The third-order valence-corrected chi connectivity index (χ3v) is 3.45. The van der Waals surface area contributed by atoms with Crippen molar-refractivity contribution < 1.29 is 5.11 Å². The minimum Gasteiger partial charge on any atom is -0.392 e. The zero-order valence-corrected chi connectivity index (χ0v) is 10.0. The molecule has 4 heteroatoms. The van der Waals surface area contributed by atoms with Crippen molar-refractivity contribution in [2.75, 3.05) is 13.1 Å². The van der Waals surface area contributed by atoms with E-state index in [1.165, 1.54) is 5.69 Å². The van der Waals surface area contributed by atoms with Crippen LogP contribution >= 0.6 is 0 Å². The van der Waals surface area contributed by atoms with E-state index in [0.717, 1.165) is 37.4 Å². The highest BCUT2D eigenvalue weighted by atomic mass is 16.3. The van der Waals surface area contributed by atoms with E-state index in [2.05, 4.69) is 27.4 Å². The van der Waals surface area contributed by atoms with Crippen molar-refractivity contribution in [3.63, 3.8) is 0 Å². The van der Waals surface area contributed by atoms with Crippen molar-refractivity contribution in [3.8, 4) is 0 Å². The lowest BCUT2D eigenvalue weighted by molar-refractivity contribution is 0.174. The summed E-state index contributed by atoms with van der Waals surface area (Å²) in [7, 11) is 0. The Hall–Kier alpha value is -1.39. The first-order valence-electron chi connectivity index (χ1n) is 6.07. The molecule has 1 aliphatic rings. The summed E-state index contributed by atoms with van der Waals surface area (Å²) in [6.07, 6.45) is 2.78. The van der Waals surface area contributed by atoms with E-state index >= 15 is 0 Å². The number of β-amino-alcohol motifs (C(OH)–C–C–N with tert-alkyl or cyclic N) is 1. The highest BCUT2D eigenvalue weighted by Crippen LogP contribution is 2.17. The normalized spacial score (nSPS) is 21.4. The van der Waals surface area contributed by atoms with Crippen LogP contribution in [0.4, 0.5) is 0 Å². The molecule has 1 saturated heterocycles. The molecule has 0 saturated carbocycles. The van der Waals surface area contributed by atoms with Crippen molar-refractivity contribution >= 4 is 5.65 Å². The SMILES string of the molecule is Cc1nc2ccccn2c1CN1CC[C@@H](O)C1. The Morgan fingerprint density at radius 3 is 3.12 bits per heavy atom. The van der Waals surface area contributed by atoms with Crippen LogP contribution in [0.15, 0.2) is 24.4 Å². The van der Waals surface area contributed by atoms with Crippen LogP contribution in [0.25, 0.3) is 5.65 Å². The van der Waals surface area contributed by atoms with Gasteiger partial charge in [0, 0.05) is 25.8 Å². The lowest BCUT2D eigenvalue weighted by Gasteiger charge is -2.15. The Morgan fingerprint density at radius 1 is 1.47 bits per heavy atom. The second-order valence-corrected chi connectivity index (χ2v) is 4.75. The fraction of sp³-hybridized carbons (Fsp3) is 0.462. The van der Waals surface area contributed by atoms with Gasteiger partial charge in [0.2, 0.25) is 0 Å². The minimum absolute atomic E-state index is 0.158. The van der Waals surface area contributed by atoms with Gasteiger partial charge in [0.15, 0.2) is 0 Å². The lowest BCUT2D eigenvalue weighted by Crippen LogP contribution is -2.22. The molecular weight excluding hydrogens is 214 g/mol. The summed E-state index contributed by atoms with van der Waals surface area (Å²) in [5.74, 6) is 0. The zero-order valence-electron chi connectivity index (χ0n) is 10.0. The summed E-state index contributed by atoms with van der Waals surface area (Å²) in [5.41, 5.74) is 3.31. The molecule has 0 aromatic carbocycles. The first kappa shape index (κ1) is 10.7. The molecule has 3 heterocycles. The number of hydrogen-bond acceptors (Lipinski definition) is 3. The number of likely N-dealkylation sites (tertiary alicyclic amines) is 1. The van der Waals surface area contributed by atoms with E-state index in [1.807, 2.05) is 18.2 Å². The first-order valence-corrected chi connectivity index (χ1v) is 6.07. The van der Waals surface area contributed by atoms with Crippen LogP contribution in [0.5, 0.6) is 0 Å². The van der Waals surface area contributed by atoms with Crippen molar-refractivity contribution in [2.45, 2.75) is 26.0 Å². The van der Waals surface area contributed by atoms with Crippen LogP contribution in [0.1, 0.15) is 17.8 Å². The quantitative estimate of drug-likeness (QED) is 0.844. The van der Waals surface area contributed by atoms with Gasteiger partial charge in [-0.15, -0.1) is 0 Å². The smallest absolute Gasteiger partial charge is 0.137 e. The summed E-state index contributed by atoms with van der Waals surface area (Å²) < 4.78 is 2.14. The summed E-state index contributed by atoms with van der Waals surface area (Å²) in [6.45, 7) is 4.67. The monoisotopic (exact) mass is 231 g/mol. The van der Waals surface area contributed by atoms with Crippen LogP contribution in [0.2, 0.25) is 0 Å². The Labute approximate surface area is 101 Å². The van der Waals surface area contributed by atoms with Gasteiger partial charge in [0.05, 0.1) is 17.5 Å². The molecular formula is C13H17N3O. The Kier molecular flexibility index (Phi) is 2.61. The maximum atomic E-state index is 9.55. The van der Waals surface area contributed by atoms with Crippen LogP contribution in [-0.2, 0) is 6.54 Å². The molecule has 0 aliphatic carbocycles. The van der Waals surface area contributed by atoms with Gasteiger partial charge in [0.25, 0.3) is 0 Å². The Morgan fingerprint density at radius 2 is 2.35 bits per heavy atom. The predicted molar refractivity (Wildman–Crippen MR) is 65.8 cm³/mol. The molecule has 2 aromatic heterocycles. The van der Waals surface area contributed by atoms with Gasteiger partial charge >= 0.3 is 0 Å². The summed E-state index contributed by atoms with van der Waals surface area (Å²) in [6, 6.07) is 6.05. The number of hydrogen-bond donors (Lipinski definition) is 1. The largest absolute Gasteiger partial charge is 0.392 e. The van der Waals surface area contributed by atoms with E-state index in [0.29, 0.717) is 0 Å². The Bertz CT molecular complexity index is 534. The average Bonchev–Trinajstić information content (AvgIpc) is 2.85. The van der Waals surface area contributed by atoms with Crippen molar-refractivity contribution in [3.05, 3.63) is 35.8 Å². The first-order chi connectivity index (χ1) is 8.24. The second-order valence-electron chi connectivity index (χ2n) is 4.75. The predicted octanol–water partition coefficient (Wildman–Crippen LogP) is 1.21. The maximum Gasteiger partial charge on any atom is 0.137 e. The maximum absolute atomic E-state index is 9.55. The van der Waals surface area contributed by atoms with Gasteiger partial charge in [-0.3, -0.25) is 4.90 Å². The second kappa shape index (κ2) is 4.13. The number of aromatic nitrogens is 2. The molecule has 3 rings (SSSR count). The Balaban J connectivity index is 1.91. The number of aryl methyl sites for hydroxylation is 1. The van der Waals surface area contributed by atoms with Gasteiger partial charge in [-0.1, -0.05) is 6.07 Å². The number of aliphatic hydroxyl groups is 1. The van der Waals surface area contributed by atoms with Gasteiger partial charge in [-0.25, -0.2) is 4.98 Å². The van der Waals surface area contributed by atoms with Crippen LogP contribution in [0.3, 0.4) is 0 Å². The molecule has 0 bridgehead atoms. The molecule has 2 aromatic rings. The standard InChI is InChI=1S/C13H17N3O/c1-10-12(9-15-7-5-11(17)8-15)16-6-3-2-4-13(16)14-10/h2-4,6,11,17H,5,7-9H2,1H3/t11-/m1/s1. The lowest BCUT2D eigenvalue weighted by atomic mass is 10.3. The highest BCUT2D eigenvalue weighted by molar-refractivity contribution is 5.42. The van der Waals surface area contributed by atoms with Crippen LogP contribution in [0, 0.1) is 6.92 Å². The number of rotatable bonds is 2. The van der Waals surface area contributed by atoms with E-state index in [1.54, 1.807) is 0 Å². The molecule has 1 N–H and O–H groups in total. The van der Waals surface area contributed by atoms with E-state index < -0.39 is 0 Å². The number of imidazole rings is 1. The summed E-state index contributed by atoms with van der Waals surface area (Å²) >= 11 is 0. The van der Waals surface area contributed by atoms with Crippen molar-refractivity contribution in [2.24, 2.45) is 0 Å². The summed E-state index contributed by atoms with van der Waals surface area (Å²) in [4.78, 5) is 6.83. The molecule has 0 radical (unpaired) electrons. The molecule has 0 spiro atoms. The number of nitrogens with zero attached hydrogens (tertiary/aromatic N) is 3. The van der Waals surface area contributed by atoms with Gasteiger partial charge in [-0.05, 0) is 25.5 Å². The number of pyridine rings is 1. The third-order valence-electron chi connectivity index (χ3n) is 3.45. The molecule has 1 fully saturated rings. The molecule has 0 amide bonds. The number of aliphatic hydroxyl groups excluding tert-OH is 1. The summed E-state index contributed by atoms with van der Waals surface area (Å²) in [5, 5.41) is 9.55. The van der Waals surface area contributed by atoms with Crippen molar-refractivity contribution in [1.29, 1.82) is 0 Å². The topological polar surface area (TPSA) is 40.8 Å². The van der Waals surface area contributed by atoms with E-state index in [4.69, 9.17) is 0 Å². The fourth-order valence-electron chi connectivity index (χ4n) is 2.52. The van der Waals surface area contributed by atoms with Crippen LogP contribution < -0.4 is 0 Å². The molecule has 1 atom stereocenters.